The summed E-state index contributed by atoms with van der Waals surface area (Å²) in [7, 11) is 0. The molecule has 1 atom stereocenters. The number of anilines is 2. The maximum absolute atomic E-state index is 13.7. The van der Waals surface area contributed by atoms with Gasteiger partial charge in [0.1, 0.15) is 4.83 Å². The first-order valence-electron chi connectivity index (χ1n) is 12.3. The minimum atomic E-state index is 0.144. The normalized spacial score (nSPS) is 15.6. The van der Waals surface area contributed by atoms with Crippen LogP contribution in [0, 0.1) is 18.8 Å². The van der Waals surface area contributed by atoms with Gasteiger partial charge in [-0.25, -0.2) is 9.97 Å². The van der Waals surface area contributed by atoms with Gasteiger partial charge in [0.25, 0.3) is 5.56 Å². The Labute approximate surface area is 219 Å². The van der Waals surface area contributed by atoms with Gasteiger partial charge in [-0.1, -0.05) is 50.2 Å². The molecule has 184 valence electrons. The van der Waals surface area contributed by atoms with E-state index in [0.29, 0.717) is 24.1 Å². The molecule has 5 rings (SSSR count). The molecule has 0 unspecified atom stereocenters. The molecule has 0 aliphatic heterocycles. The predicted molar refractivity (Wildman–Crippen MR) is 151 cm³/mol. The Morgan fingerprint density at radius 1 is 1.23 bits per heavy atom. The monoisotopic (exact) mass is 524 g/mol. The van der Waals surface area contributed by atoms with Crippen LogP contribution in [0.1, 0.15) is 55.3 Å². The van der Waals surface area contributed by atoms with Crippen molar-refractivity contribution in [2.24, 2.45) is 11.8 Å². The van der Waals surface area contributed by atoms with Crippen molar-refractivity contribution in [2.45, 2.75) is 70.8 Å². The zero-order valence-corrected chi connectivity index (χ0v) is 23.2. The van der Waals surface area contributed by atoms with E-state index in [1.54, 1.807) is 34.4 Å². The minimum Gasteiger partial charge on any atom is -0.332 e. The van der Waals surface area contributed by atoms with Gasteiger partial charge in [0.05, 0.1) is 11.1 Å². The van der Waals surface area contributed by atoms with E-state index in [1.807, 2.05) is 4.57 Å². The van der Waals surface area contributed by atoms with E-state index in [4.69, 9.17) is 9.97 Å². The summed E-state index contributed by atoms with van der Waals surface area (Å²) >= 11 is 4.96. The molecule has 0 radical (unpaired) electrons. The maximum Gasteiger partial charge on any atom is 0.263 e. The molecule has 1 aromatic carbocycles. The molecule has 0 amide bonds. The van der Waals surface area contributed by atoms with Crippen LogP contribution in [0.3, 0.4) is 0 Å². The second-order valence-electron chi connectivity index (χ2n) is 9.99. The maximum atomic E-state index is 13.7. The topological polar surface area (TPSA) is 59.8 Å². The summed E-state index contributed by atoms with van der Waals surface area (Å²) in [6.07, 6.45) is 4.19. The van der Waals surface area contributed by atoms with E-state index in [-0.39, 0.29) is 5.56 Å². The van der Waals surface area contributed by atoms with Gasteiger partial charge in [0.15, 0.2) is 10.3 Å². The lowest BCUT2D eigenvalue weighted by atomic mass is 9.89. The van der Waals surface area contributed by atoms with Crippen LogP contribution in [0.2, 0.25) is 0 Å². The second-order valence-corrected chi connectivity index (χ2v) is 12.9. The van der Waals surface area contributed by atoms with Crippen molar-refractivity contribution in [1.82, 2.24) is 14.5 Å². The van der Waals surface area contributed by atoms with Crippen LogP contribution in [0.25, 0.3) is 10.2 Å². The smallest absolute Gasteiger partial charge is 0.263 e. The molecule has 1 N–H and O–H groups in total. The molecule has 0 bridgehead atoms. The summed E-state index contributed by atoms with van der Waals surface area (Å²) in [5.74, 6) is 1.90. The fraction of sp³-hybridized carbons (Fsp3) is 0.444. The second kappa shape index (κ2) is 10.4. The summed E-state index contributed by atoms with van der Waals surface area (Å²) < 4.78 is 1.93. The largest absolute Gasteiger partial charge is 0.332 e. The first kappa shape index (κ1) is 24.5. The number of hydrogen-bond donors (Lipinski definition) is 1. The molecule has 1 aliphatic rings. The van der Waals surface area contributed by atoms with E-state index in [0.717, 1.165) is 57.6 Å². The number of aryl methyl sites for hydroxylation is 2. The Kier molecular flexibility index (Phi) is 7.32. The summed E-state index contributed by atoms with van der Waals surface area (Å²) in [6.45, 7) is 9.50. The van der Waals surface area contributed by atoms with Crippen LogP contribution in [0.15, 0.2) is 39.6 Å². The van der Waals surface area contributed by atoms with E-state index in [9.17, 15) is 4.79 Å². The van der Waals surface area contributed by atoms with Gasteiger partial charge in [0, 0.05) is 28.2 Å². The number of thiazole rings is 1. The van der Waals surface area contributed by atoms with Crippen LogP contribution in [-0.2, 0) is 25.1 Å². The third-order valence-electron chi connectivity index (χ3n) is 6.51. The van der Waals surface area contributed by atoms with Crippen LogP contribution in [0.5, 0.6) is 0 Å². The summed E-state index contributed by atoms with van der Waals surface area (Å²) in [6, 6.07) is 8.32. The Morgan fingerprint density at radius 2 is 2.03 bits per heavy atom. The summed E-state index contributed by atoms with van der Waals surface area (Å²) in [5, 5.41) is 8.05. The number of nitrogens with one attached hydrogen (secondary N) is 1. The van der Waals surface area contributed by atoms with E-state index in [1.165, 1.54) is 16.0 Å². The van der Waals surface area contributed by atoms with E-state index >= 15 is 0 Å². The van der Waals surface area contributed by atoms with Crippen molar-refractivity contribution in [3.8, 4) is 0 Å². The molecular formula is C27H32N4OS3. The van der Waals surface area contributed by atoms with Crippen molar-refractivity contribution in [3.63, 3.8) is 0 Å². The van der Waals surface area contributed by atoms with Gasteiger partial charge in [-0.2, -0.15) is 0 Å². The molecule has 3 aromatic heterocycles. The highest BCUT2D eigenvalue weighted by molar-refractivity contribution is 7.98. The number of nitrogens with zero attached hydrogens (tertiary/aromatic N) is 3. The highest BCUT2D eigenvalue weighted by atomic mass is 32.2. The van der Waals surface area contributed by atoms with Crippen LogP contribution >= 0.6 is 34.4 Å². The number of thioether (sulfide) groups is 1. The molecule has 3 heterocycles. The van der Waals surface area contributed by atoms with Gasteiger partial charge in [-0.05, 0) is 62.1 Å². The number of rotatable bonds is 8. The lowest BCUT2D eigenvalue weighted by Gasteiger charge is -2.18. The lowest BCUT2D eigenvalue weighted by molar-refractivity contribution is 0.480. The minimum absolute atomic E-state index is 0.144. The van der Waals surface area contributed by atoms with Crippen molar-refractivity contribution in [1.29, 1.82) is 0 Å². The molecule has 1 aliphatic carbocycles. The van der Waals surface area contributed by atoms with E-state index in [2.05, 4.69) is 62.7 Å². The molecule has 35 heavy (non-hydrogen) atoms. The first-order chi connectivity index (χ1) is 16.9. The fourth-order valence-corrected chi connectivity index (χ4v) is 7.61. The van der Waals surface area contributed by atoms with Gasteiger partial charge in [-0.3, -0.25) is 9.36 Å². The number of benzene rings is 1. The molecule has 5 nitrogen and oxygen atoms in total. The van der Waals surface area contributed by atoms with Crippen molar-refractivity contribution < 1.29 is 0 Å². The molecule has 0 fully saturated rings. The highest BCUT2D eigenvalue weighted by Gasteiger charge is 2.25. The highest BCUT2D eigenvalue weighted by Crippen LogP contribution is 2.37. The van der Waals surface area contributed by atoms with Gasteiger partial charge in [-0.15, -0.1) is 22.7 Å². The Hall–Kier alpha value is -2.16. The standard InChI is InChI=1S/C27H32N4OS3/c1-16(2)11-12-31-25(32)23-21-10-7-18(4)13-22(21)35-24(23)30-27(31)34-15-20-14-33-26(29-20)28-19-8-5-17(3)6-9-19/h5-6,8-9,14,16,18H,7,10-13,15H2,1-4H3,(H,28,29)/t18-/m1/s1. The molecule has 8 heteroatoms. The first-order valence-corrected chi connectivity index (χ1v) is 15.0. The van der Waals surface area contributed by atoms with Crippen LogP contribution in [-0.4, -0.2) is 14.5 Å². The summed E-state index contributed by atoms with van der Waals surface area (Å²) in [5.41, 5.74) is 4.68. The van der Waals surface area contributed by atoms with Crippen molar-refractivity contribution in [3.05, 3.63) is 61.7 Å². The molecule has 0 saturated carbocycles. The average molecular weight is 525 g/mol. The van der Waals surface area contributed by atoms with Crippen LogP contribution < -0.4 is 10.9 Å². The average Bonchev–Trinajstić information content (AvgIpc) is 3.42. The van der Waals surface area contributed by atoms with E-state index < -0.39 is 0 Å². The van der Waals surface area contributed by atoms with Crippen molar-refractivity contribution >= 4 is 55.5 Å². The van der Waals surface area contributed by atoms with Gasteiger partial charge in [0.2, 0.25) is 0 Å². The Bertz CT molecular complexity index is 1380. The van der Waals surface area contributed by atoms with Crippen molar-refractivity contribution in [2.75, 3.05) is 5.32 Å². The Balaban J connectivity index is 1.40. The zero-order valence-electron chi connectivity index (χ0n) is 20.8. The van der Waals surface area contributed by atoms with Gasteiger partial charge >= 0.3 is 0 Å². The number of hydrogen-bond acceptors (Lipinski definition) is 7. The third-order valence-corrected chi connectivity index (χ3v) is 9.48. The lowest BCUT2D eigenvalue weighted by Crippen LogP contribution is -2.24. The number of fused-ring (bicyclic) bond motifs is 3. The molecule has 0 spiro atoms. The SMILES string of the molecule is Cc1ccc(Nc2nc(CSc3nc4sc5c(c4c(=O)n3CCC(C)C)CC[C@@H](C)C5)cs2)cc1. The third kappa shape index (κ3) is 5.49. The molecular weight excluding hydrogens is 493 g/mol. The zero-order chi connectivity index (χ0) is 24.5. The fourth-order valence-electron chi connectivity index (χ4n) is 4.43. The number of aromatic nitrogens is 3. The van der Waals surface area contributed by atoms with Gasteiger partial charge < -0.3 is 5.32 Å². The molecule has 0 saturated heterocycles. The van der Waals surface area contributed by atoms with Crippen LogP contribution in [0.4, 0.5) is 10.8 Å². The predicted octanol–water partition coefficient (Wildman–Crippen LogP) is 7.43. The number of thiophene rings is 1. The Morgan fingerprint density at radius 3 is 2.80 bits per heavy atom. The summed E-state index contributed by atoms with van der Waals surface area (Å²) in [4.78, 5) is 25.8. The quantitative estimate of drug-likeness (QED) is 0.192. The molecule has 4 aromatic rings.